The number of ether oxygens (including phenoxy) is 1. The molecule has 0 aromatic heterocycles. The van der Waals surface area contributed by atoms with Crippen molar-refractivity contribution in [3.63, 3.8) is 0 Å². The van der Waals surface area contributed by atoms with Crippen LogP contribution < -0.4 is 5.32 Å². The van der Waals surface area contributed by atoms with Crippen molar-refractivity contribution >= 4 is 5.91 Å². The molecule has 0 bridgehead atoms. The minimum atomic E-state index is -0.422. The first-order chi connectivity index (χ1) is 9.49. The third-order valence-electron chi connectivity index (χ3n) is 3.65. The zero-order chi connectivity index (χ0) is 15.0. The maximum absolute atomic E-state index is 11.7. The van der Waals surface area contributed by atoms with Crippen molar-refractivity contribution in [3.05, 3.63) is 0 Å². The highest BCUT2D eigenvalue weighted by Gasteiger charge is 2.29. The van der Waals surface area contributed by atoms with Crippen LogP contribution in [0, 0.1) is 11.3 Å². The topological polar surface area (TPSA) is 68.6 Å². The average molecular weight is 282 g/mol. The third-order valence-corrected chi connectivity index (χ3v) is 3.65. The number of methoxy groups -OCH3 is 1. The molecular weight excluding hydrogens is 256 g/mol. The van der Waals surface area contributed by atoms with Gasteiger partial charge in [0.25, 0.3) is 0 Å². The van der Waals surface area contributed by atoms with Crippen molar-refractivity contribution in [3.8, 4) is 6.07 Å². The molecule has 0 spiro atoms. The molecule has 1 N–H and O–H groups in total. The lowest BCUT2D eigenvalue weighted by atomic mass is 10.0. The predicted molar refractivity (Wildman–Crippen MR) is 77.2 cm³/mol. The zero-order valence-corrected chi connectivity index (χ0v) is 12.8. The highest BCUT2D eigenvalue weighted by molar-refractivity contribution is 5.77. The lowest BCUT2D eigenvalue weighted by molar-refractivity contribution is -0.122. The quantitative estimate of drug-likeness (QED) is 0.669. The molecule has 0 saturated carbocycles. The standard InChI is InChI=1S/C14H26N4O2/c1-14(2,12-15)18-8-6-17(7-9-18)11-13(19)16-5-4-10-20-3/h4-11H2,1-3H3,(H,16,19). The van der Waals surface area contributed by atoms with E-state index in [2.05, 4.69) is 21.2 Å². The number of nitrogens with zero attached hydrogens (tertiary/aromatic N) is 3. The van der Waals surface area contributed by atoms with E-state index in [1.54, 1.807) is 7.11 Å². The number of hydrogen-bond acceptors (Lipinski definition) is 5. The van der Waals surface area contributed by atoms with Gasteiger partial charge in [-0.15, -0.1) is 0 Å². The summed E-state index contributed by atoms with van der Waals surface area (Å²) in [5.41, 5.74) is -0.422. The van der Waals surface area contributed by atoms with Crippen LogP contribution in [0.5, 0.6) is 0 Å². The summed E-state index contributed by atoms with van der Waals surface area (Å²) in [5.74, 6) is 0.0640. The Morgan fingerprint density at radius 1 is 1.35 bits per heavy atom. The van der Waals surface area contributed by atoms with E-state index in [9.17, 15) is 4.79 Å². The molecule has 0 aromatic rings. The molecule has 1 heterocycles. The molecule has 6 heteroatoms. The van der Waals surface area contributed by atoms with Crippen LogP contribution in [0.4, 0.5) is 0 Å². The Labute approximate surface area is 121 Å². The largest absolute Gasteiger partial charge is 0.385 e. The molecule has 1 saturated heterocycles. The van der Waals surface area contributed by atoms with Crippen LogP contribution in [-0.2, 0) is 9.53 Å². The summed E-state index contributed by atoms with van der Waals surface area (Å²) in [6.45, 7) is 8.96. The number of amides is 1. The maximum atomic E-state index is 11.7. The van der Waals surface area contributed by atoms with Gasteiger partial charge in [-0.1, -0.05) is 0 Å². The van der Waals surface area contributed by atoms with Gasteiger partial charge in [0.15, 0.2) is 0 Å². The molecule has 0 atom stereocenters. The number of carbonyl (C=O) groups is 1. The van der Waals surface area contributed by atoms with Crippen molar-refractivity contribution in [2.75, 3.05) is 53.0 Å². The molecule has 1 aliphatic rings. The summed E-state index contributed by atoms with van der Waals surface area (Å²) in [5, 5.41) is 12.0. The summed E-state index contributed by atoms with van der Waals surface area (Å²) < 4.78 is 4.93. The summed E-state index contributed by atoms with van der Waals surface area (Å²) in [4.78, 5) is 16.1. The van der Waals surface area contributed by atoms with Gasteiger partial charge in [0.2, 0.25) is 5.91 Å². The van der Waals surface area contributed by atoms with Gasteiger partial charge in [0.05, 0.1) is 12.6 Å². The Bertz CT molecular complexity index is 344. The zero-order valence-electron chi connectivity index (χ0n) is 12.8. The fourth-order valence-electron chi connectivity index (χ4n) is 2.24. The minimum absolute atomic E-state index is 0.0640. The van der Waals surface area contributed by atoms with E-state index in [-0.39, 0.29) is 5.91 Å². The molecule has 1 amide bonds. The first-order valence-corrected chi connectivity index (χ1v) is 7.14. The van der Waals surface area contributed by atoms with E-state index in [4.69, 9.17) is 10.00 Å². The first kappa shape index (κ1) is 16.9. The van der Waals surface area contributed by atoms with Crippen LogP contribution in [0.3, 0.4) is 0 Å². The molecule has 0 aliphatic carbocycles. The lowest BCUT2D eigenvalue weighted by Crippen LogP contribution is -2.55. The molecule has 1 aliphatic heterocycles. The summed E-state index contributed by atoms with van der Waals surface area (Å²) >= 11 is 0. The van der Waals surface area contributed by atoms with E-state index in [1.807, 2.05) is 13.8 Å². The van der Waals surface area contributed by atoms with Crippen LogP contribution in [0.2, 0.25) is 0 Å². The molecule has 1 fully saturated rings. The minimum Gasteiger partial charge on any atom is -0.385 e. The van der Waals surface area contributed by atoms with Crippen LogP contribution in [-0.4, -0.2) is 74.2 Å². The summed E-state index contributed by atoms with van der Waals surface area (Å²) in [7, 11) is 1.66. The van der Waals surface area contributed by atoms with Crippen LogP contribution >= 0.6 is 0 Å². The van der Waals surface area contributed by atoms with Crippen LogP contribution in [0.1, 0.15) is 20.3 Å². The van der Waals surface area contributed by atoms with E-state index < -0.39 is 5.54 Å². The van der Waals surface area contributed by atoms with Crippen molar-refractivity contribution in [1.82, 2.24) is 15.1 Å². The SMILES string of the molecule is COCCCNC(=O)CN1CCN(C(C)(C)C#N)CC1. The van der Waals surface area contributed by atoms with Crippen molar-refractivity contribution in [2.45, 2.75) is 25.8 Å². The molecule has 6 nitrogen and oxygen atoms in total. The Balaban J connectivity index is 2.22. The van der Waals surface area contributed by atoms with Gasteiger partial charge in [-0.05, 0) is 20.3 Å². The van der Waals surface area contributed by atoms with E-state index in [0.29, 0.717) is 19.7 Å². The van der Waals surface area contributed by atoms with Gasteiger partial charge < -0.3 is 10.1 Å². The highest BCUT2D eigenvalue weighted by atomic mass is 16.5. The second-order valence-corrected chi connectivity index (χ2v) is 5.63. The first-order valence-electron chi connectivity index (χ1n) is 7.14. The summed E-state index contributed by atoms with van der Waals surface area (Å²) in [6, 6.07) is 2.32. The molecule has 0 radical (unpaired) electrons. The normalized spacial score (nSPS) is 17.7. The van der Waals surface area contributed by atoms with E-state index in [1.165, 1.54) is 0 Å². The van der Waals surface area contributed by atoms with Gasteiger partial charge in [-0.2, -0.15) is 5.26 Å². The van der Waals surface area contributed by atoms with Gasteiger partial charge in [0.1, 0.15) is 5.54 Å². The maximum Gasteiger partial charge on any atom is 0.234 e. The van der Waals surface area contributed by atoms with E-state index in [0.717, 1.165) is 32.6 Å². The molecule has 0 unspecified atom stereocenters. The molecule has 1 rings (SSSR count). The number of rotatable bonds is 7. The van der Waals surface area contributed by atoms with Crippen LogP contribution in [0.15, 0.2) is 0 Å². The third kappa shape index (κ3) is 5.45. The summed E-state index contributed by atoms with van der Waals surface area (Å²) in [6.07, 6.45) is 0.840. The van der Waals surface area contributed by atoms with Crippen molar-refractivity contribution < 1.29 is 9.53 Å². The molecule has 0 aromatic carbocycles. The van der Waals surface area contributed by atoms with Gasteiger partial charge in [0, 0.05) is 46.4 Å². The Morgan fingerprint density at radius 3 is 2.55 bits per heavy atom. The van der Waals surface area contributed by atoms with Crippen LogP contribution in [0.25, 0.3) is 0 Å². The molecule has 114 valence electrons. The van der Waals surface area contributed by atoms with Gasteiger partial charge in [-0.3, -0.25) is 14.6 Å². The second-order valence-electron chi connectivity index (χ2n) is 5.63. The average Bonchev–Trinajstić information content (AvgIpc) is 2.44. The smallest absolute Gasteiger partial charge is 0.234 e. The molecular formula is C14H26N4O2. The molecule has 20 heavy (non-hydrogen) atoms. The fourth-order valence-corrected chi connectivity index (χ4v) is 2.24. The highest BCUT2D eigenvalue weighted by Crippen LogP contribution is 2.15. The number of carbonyl (C=O) groups excluding carboxylic acids is 1. The number of hydrogen-bond donors (Lipinski definition) is 1. The van der Waals surface area contributed by atoms with Gasteiger partial charge >= 0.3 is 0 Å². The monoisotopic (exact) mass is 282 g/mol. The Kier molecular flexibility index (Phi) is 6.93. The number of nitrogens with one attached hydrogen (secondary N) is 1. The second kappa shape index (κ2) is 8.20. The Morgan fingerprint density at radius 2 is 2.00 bits per heavy atom. The lowest BCUT2D eigenvalue weighted by Gasteiger charge is -2.40. The van der Waals surface area contributed by atoms with Gasteiger partial charge in [-0.25, -0.2) is 0 Å². The number of piperazine rings is 1. The van der Waals surface area contributed by atoms with E-state index >= 15 is 0 Å². The fraction of sp³-hybridized carbons (Fsp3) is 0.857. The van der Waals surface area contributed by atoms with Crippen molar-refractivity contribution in [1.29, 1.82) is 5.26 Å². The Hall–Kier alpha value is -1.16. The number of nitriles is 1. The predicted octanol–water partition coefficient (Wildman–Crippen LogP) is 0.0589. The van der Waals surface area contributed by atoms with Crippen molar-refractivity contribution in [2.24, 2.45) is 0 Å².